The van der Waals surface area contributed by atoms with E-state index in [4.69, 9.17) is 0 Å². The molecule has 2 rings (SSSR count). The Morgan fingerprint density at radius 3 is 2.67 bits per heavy atom. The number of carbonyl (C=O) groups excluding carboxylic acids is 1. The van der Waals surface area contributed by atoms with Gasteiger partial charge in [-0.1, -0.05) is 0 Å². The molecule has 0 saturated carbocycles. The van der Waals surface area contributed by atoms with Gasteiger partial charge in [-0.2, -0.15) is 11.3 Å². The van der Waals surface area contributed by atoms with Gasteiger partial charge in [-0.25, -0.2) is 4.79 Å². The molecule has 0 unspecified atom stereocenters. The molecule has 0 bridgehead atoms. The number of hydrogen-bond donors (Lipinski definition) is 0. The molecular formula is C12H12N2O3S. The molecule has 2 aromatic heterocycles. The highest BCUT2D eigenvalue weighted by Crippen LogP contribution is 2.07. The van der Waals surface area contributed by atoms with Gasteiger partial charge < -0.3 is 0 Å². The highest BCUT2D eigenvalue weighted by atomic mass is 32.1. The third-order valence-electron chi connectivity index (χ3n) is 2.66. The normalized spacial score (nSPS) is 10.6. The first-order valence-electron chi connectivity index (χ1n) is 5.33. The first-order chi connectivity index (χ1) is 8.50. The van der Waals surface area contributed by atoms with Crippen molar-refractivity contribution in [2.24, 2.45) is 7.05 Å². The van der Waals surface area contributed by atoms with Crippen LogP contribution in [0.15, 0.2) is 32.6 Å². The van der Waals surface area contributed by atoms with Crippen molar-refractivity contribution in [2.75, 3.05) is 0 Å². The molecule has 2 aromatic rings. The maximum atomic E-state index is 11.9. The second kappa shape index (κ2) is 4.73. The van der Waals surface area contributed by atoms with E-state index in [1.807, 2.05) is 16.8 Å². The van der Waals surface area contributed by atoms with Crippen LogP contribution in [-0.4, -0.2) is 14.9 Å². The number of Topliss-reactive ketones (excluding diaryl/α,β-unsaturated/α-hetero) is 1. The molecule has 0 aromatic carbocycles. The topological polar surface area (TPSA) is 61.1 Å². The highest BCUT2D eigenvalue weighted by Gasteiger charge is 2.12. The van der Waals surface area contributed by atoms with Crippen LogP contribution >= 0.6 is 11.3 Å². The van der Waals surface area contributed by atoms with Crippen LogP contribution < -0.4 is 11.2 Å². The maximum absolute atomic E-state index is 11.9. The van der Waals surface area contributed by atoms with Crippen molar-refractivity contribution in [3.05, 3.63) is 55.0 Å². The summed E-state index contributed by atoms with van der Waals surface area (Å²) in [6, 6.07) is 1.90. The number of hydrogen-bond acceptors (Lipinski definition) is 4. The first kappa shape index (κ1) is 12.5. The van der Waals surface area contributed by atoms with E-state index in [0.717, 1.165) is 10.1 Å². The number of thiophene rings is 1. The number of rotatable bonds is 3. The third kappa shape index (κ3) is 2.19. The molecule has 0 amide bonds. The minimum absolute atomic E-state index is 0.0346. The lowest BCUT2D eigenvalue weighted by Gasteiger charge is -2.08. The van der Waals surface area contributed by atoms with Crippen molar-refractivity contribution in [1.29, 1.82) is 0 Å². The van der Waals surface area contributed by atoms with Gasteiger partial charge in [0.15, 0.2) is 5.78 Å². The predicted molar refractivity (Wildman–Crippen MR) is 69.4 cm³/mol. The molecule has 0 aliphatic heterocycles. The van der Waals surface area contributed by atoms with Gasteiger partial charge in [0.25, 0.3) is 5.56 Å². The monoisotopic (exact) mass is 264 g/mol. The van der Waals surface area contributed by atoms with Crippen LogP contribution in [0.25, 0.3) is 0 Å². The molecule has 0 atom stereocenters. The average Bonchev–Trinajstić information content (AvgIpc) is 2.82. The summed E-state index contributed by atoms with van der Waals surface area (Å²) < 4.78 is 2.34. The lowest BCUT2D eigenvalue weighted by molar-refractivity contribution is 0.101. The quantitative estimate of drug-likeness (QED) is 0.772. The number of nitrogens with zero attached hydrogens (tertiary/aromatic N) is 2. The van der Waals surface area contributed by atoms with Gasteiger partial charge in [-0.15, -0.1) is 0 Å². The van der Waals surface area contributed by atoms with E-state index in [0.29, 0.717) is 6.54 Å². The van der Waals surface area contributed by atoms with E-state index < -0.39 is 11.2 Å². The van der Waals surface area contributed by atoms with Crippen LogP contribution in [0.3, 0.4) is 0 Å². The Balaban J connectivity index is 2.58. The maximum Gasteiger partial charge on any atom is 0.331 e. The Morgan fingerprint density at radius 2 is 2.11 bits per heavy atom. The first-order valence-corrected chi connectivity index (χ1v) is 6.27. The Kier molecular flexibility index (Phi) is 3.29. The Morgan fingerprint density at radius 1 is 1.39 bits per heavy atom. The van der Waals surface area contributed by atoms with Crippen LogP contribution in [0.4, 0.5) is 0 Å². The van der Waals surface area contributed by atoms with Gasteiger partial charge >= 0.3 is 5.69 Å². The van der Waals surface area contributed by atoms with Crippen molar-refractivity contribution in [2.45, 2.75) is 13.5 Å². The molecule has 18 heavy (non-hydrogen) atoms. The summed E-state index contributed by atoms with van der Waals surface area (Å²) in [7, 11) is 1.38. The van der Waals surface area contributed by atoms with E-state index in [1.54, 1.807) is 0 Å². The zero-order valence-corrected chi connectivity index (χ0v) is 10.9. The zero-order chi connectivity index (χ0) is 13.3. The lowest BCUT2D eigenvalue weighted by Crippen LogP contribution is -2.40. The molecule has 0 aliphatic carbocycles. The second-order valence-electron chi connectivity index (χ2n) is 4.01. The van der Waals surface area contributed by atoms with Gasteiger partial charge in [0.05, 0.1) is 12.1 Å². The molecule has 94 valence electrons. The molecule has 6 heteroatoms. The van der Waals surface area contributed by atoms with Crippen LogP contribution in [-0.2, 0) is 13.6 Å². The molecule has 0 fully saturated rings. The van der Waals surface area contributed by atoms with Crippen molar-refractivity contribution in [3.8, 4) is 0 Å². The Bertz CT molecular complexity index is 695. The molecule has 0 saturated heterocycles. The van der Waals surface area contributed by atoms with Crippen molar-refractivity contribution < 1.29 is 4.79 Å². The smallest absolute Gasteiger partial charge is 0.295 e. The molecule has 5 nitrogen and oxygen atoms in total. The molecule has 0 radical (unpaired) electrons. The van der Waals surface area contributed by atoms with Gasteiger partial charge in [0, 0.05) is 13.2 Å². The SMILES string of the molecule is CC(=O)c1cn(Cc2ccsc2)c(=O)n(C)c1=O. The average molecular weight is 264 g/mol. The standard InChI is InChI=1S/C12H12N2O3S/c1-8(15)10-6-14(5-9-3-4-18-7-9)12(17)13(2)11(10)16/h3-4,6-7H,5H2,1-2H3. The summed E-state index contributed by atoms with van der Waals surface area (Å²) in [5.74, 6) is -0.338. The number of aromatic nitrogens is 2. The van der Waals surface area contributed by atoms with Gasteiger partial charge in [0.1, 0.15) is 0 Å². The van der Waals surface area contributed by atoms with Gasteiger partial charge in [-0.05, 0) is 29.3 Å². The Hall–Kier alpha value is -1.95. The van der Waals surface area contributed by atoms with Crippen LogP contribution in [0.5, 0.6) is 0 Å². The molecule has 0 spiro atoms. The van der Waals surface area contributed by atoms with E-state index in [2.05, 4.69) is 0 Å². The molecule has 0 N–H and O–H groups in total. The van der Waals surface area contributed by atoms with E-state index in [-0.39, 0.29) is 11.3 Å². The van der Waals surface area contributed by atoms with Crippen LogP contribution in [0.1, 0.15) is 22.8 Å². The van der Waals surface area contributed by atoms with Crippen LogP contribution in [0, 0.1) is 0 Å². The van der Waals surface area contributed by atoms with Crippen LogP contribution in [0.2, 0.25) is 0 Å². The minimum Gasteiger partial charge on any atom is -0.295 e. The summed E-state index contributed by atoms with van der Waals surface area (Å²) in [5, 5.41) is 3.83. The van der Waals surface area contributed by atoms with E-state index >= 15 is 0 Å². The fourth-order valence-electron chi connectivity index (χ4n) is 1.66. The highest BCUT2D eigenvalue weighted by molar-refractivity contribution is 7.07. The predicted octanol–water partition coefficient (Wildman–Crippen LogP) is 0.859. The summed E-state index contributed by atoms with van der Waals surface area (Å²) in [4.78, 5) is 35.0. The van der Waals surface area contributed by atoms with Crippen molar-refractivity contribution >= 4 is 17.1 Å². The summed E-state index contributed by atoms with van der Waals surface area (Å²) in [5.41, 5.74) is 0.0350. The molecular weight excluding hydrogens is 252 g/mol. The third-order valence-corrected chi connectivity index (χ3v) is 3.40. The van der Waals surface area contributed by atoms with Crippen molar-refractivity contribution in [1.82, 2.24) is 9.13 Å². The molecule has 2 heterocycles. The fourth-order valence-corrected chi connectivity index (χ4v) is 2.32. The molecule has 0 aliphatic rings. The zero-order valence-electron chi connectivity index (χ0n) is 10.0. The van der Waals surface area contributed by atoms with E-state index in [9.17, 15) is 14.4 Å². The van der Waals surface area contributed by atoms with Gasteiger partial charge in [-0.3, -0.25) is 18.7 Å². The van der Waals surface area contributed by atoms with Crippen molar-refractivity contribution in [3.63, 3.8) is 0 Å². The number of ketones is 1. The lowest BCUT2D eigenvalue weighted by atomic mass is 10.2. The number of carbonyl (C=O) groups is 1. The summed E-state index contributed by atoms with van der Waals surface area (Å²) in [6.45, 7) is 1.67. The summed E-state index contributed by atoms with van der Waals surface area (Å²) in [6.07, 6.45) is 1.34. The van der Waals surface area contributed by atoms with Gasteiger partial charge in [0.2, 0.25) is 0 Å². The fraction of sp³-hybridized carbons (Fsp3) is 0.250. The summed E-state index contributed by atoms with van der Waals surface area (Å²) >= 11 is 1.53. The largest absolute Gasteiger partial charge is 0.331 e. The second-order valence-corrected chi connectivity index (χ2v) is 4.79. The Labute approximate surface area is 107 Å². The van der Waals surface area contributed by atoms with E-state index in [1.165, 1.54) is 36.1 Å². The minimum atomic E-state index is -0.547.